The Balaban J connectivity index is 1.71. The topological polar surface area (TPSA) is 138 Å². The summed E-state index contributed by atoms with van der Waals surface area (Å²) in [6.45, 7) is 4.20. The number of fused-ring (bicyclic) bond motifs is 1. The number of carbonyl (C=O) groups is 3. The number of rotatable bonds is 8. The number of hydrogen-bond acceptors (Lipinski definition) is 8. The molecule has 200 valence electrons. The standard InChI is InChI=1S/C27H31N5O5S/c1-18(2)15-22(31-26(34)20-10-11-21-19(16-20)7-5-14-29-21)27(35)32(23-8-6-12-28-17-24(23)33)38(36,37)25-9-3-4-13-30-25/h3-5,7,9-11,13-14,16,18,22-23,28H,6,8,12,15,17H2,1-2H3,(H,31,34)/t22?,23-/m0/s1. The number of sulfonamides is 1. The van der Waals surface area contributed by atoms with Gasteiger partial charge in [0.1, 0.15) is 12.1 Å². The Kier molecular flexibility index (Phi) is 8.48. The van der Waals surface area contributed by atoms with E-state index in [1.165, 1.54) is 18.3 Å². The maximum absolute atomic E-state index is 14.1. The van der Waals surface area contributed by atoms with Crippen molar-refractivity contribution in [1.29, 1.82) is 0 Å². The second-order valence-corrected chi connectivity index (χ2v) is 11.4. The SMILES string of the molecule is CC(C)CC(NC(=O)c1ccc2ncccc2c1)C(=O)N([C@H]1CCCNCC1=O)S(=O)(=O)c1ccccn1. The molecule has 10 nitrogen and oxygen atoms in total. The van der Waals surface area contributed by atoms with Crippen LogP contribution >= 0.6 is 0 Å². The van der Waals surface area contributed by atoms with Crippen molar-refractivity contribution >= 4 is 38.5 Å². The van der Waals surface area contributed by atoms with E-state index in [0.717, 1.165) is 5.39 Å². The summed E-state index contributed by atoms with van der Waals surface area (Å²) >= 11 is 0. The zero-order valence-electron chi connectivity index (χ0n) is 21.3. The first-order valence-corrected chi connectivity index (χ1v) is 14.0. The van der Waals surface area contributed by atoms with Crippen molar-refractivity contribution in [2.45, 2.75) is 50.2 Å². The lowest BCUT2D eigenvalue weighted by atomic mass is 10.0. The maximum Gasteiger partial charge on any atom is 0.284 e. The number of Topliss-reactive ketones (excluding diaryl/α,β-unsaturated/α-hetero) is 1. The van der Waals surface area contributed by atoms with Gasteiger partial charge in [0.2, 0.25) is 0 Å². The molecule has 2 atom stereocenters. The highest BCUT2D eigenvalue weighted by atomic mass is 32.2. The summed E-state index contributed by atoms with van der Waals surface area (Å²) in [6.07, 6.45) is 3.81. The molecule has 1 aliphatic rings. The molecule has 0 bridgehead atoms. The fraction of sp³-hybridized carbons (Fsp3) is 0.370. The normalized spacial score (nSPS) is 17.1. The van der Waals surface area contributed by atoms with Gasteiger partial charge in [-0.25, -0.2) is 9.29 Å². The van der Waals surface area contributed by atoms with Gasteiger partial charge in [-0.15, -0.1) is 0 Å². The van der Waals surface area contributed by atoms with Gasteiger partial charge in [0.25, 0.3) is 21.8 Å². The lowest BCUT2D eigenvalue weighted by Gasteiger charge is -2.32. The molecule has 2 N–H and O–H groups in total. The second-order valence-electron chi connectivity index (χ2n) is 9.67. The minimum Gasteiger partial charge on any atom is -0.340 e. The van der Waals surface area contributed by atoms with Crippen LogP contribution in [0.4, 0.5) is 0 Å². The molecule has 1 saturated heterocycles. The predicted molar refractivity (Wildman–Crippen MR) is 142 cm³/mol. The highest BCUT2D eigenvalue weighted by Gasteiger charge is 2.43. The predicted octanol–water partition coefficient (Wildman–Crippen LogP) is 2.31. The van der Waals surface area contributed by atoms with E-state index in [2.05, 4.69) is 20.6 Å². The molecule has 0 aliphatic carbocycles. The van der Waals surface area contributed by atoms with Crippen LogP contribution in [0, 0.1) is 5.92 Å². The molecule has 11 heteroatoms. The third-order valence-corrected chi connectivity index (χ3v) is 8.06. The van der Waals surface area contributed by atoms with E-state index in [0.29, 0.717) is 28.4 Å². The molecular weight excluding hydrogens is 506 g/mol. The minimum atomic E-state index is -4.49. The fourth-order valence-electron chi connectivity index (χ4n) is 4.50. The number of nitrogens with one attached hydrogen (secondary N) is 2. The molecule has 1 fully saturated rings. The smallest absolute Gasteiger partial charge is 0.284 e. The lowest BCUT2D eigenvalue weighted by molar-refractivity contribution is -0.135. The minimum absolute atomic E-state index is 0.0570. The number of carbonyl (C=O) groups excluding carboxylic acids is 3. The highest BCUT2D eigenvalue weighted by molar-refractivity contribution is 7.89. The molecule has 0 radical (unpaired) electrons. The Bertz CT molecular complexity index is 1430. The first-order chi connectivity index (χ1) is 18.2. The van der Waals surface area contributed by atoms with E-state index in [1.54, 1.807) is 36.5 Å². The Morgan fingerprint density at radius 3 is 2.63 bits per heavy atom. The van der Waals surface area contributed by atoms with Crippen molar-refractivity contribution in [1.82, 2.24) is 24.9 Å². The summed E-state index contributed by atoms with van der Waals surface area (Å²) in [7, 11) is -4.49. The zero-order chi connectivity index (χ0) is 27.3. The summed E-state index contributed by atoms with van der Waals surface area (Å²) in [6, 6.07) is 10.5. The molecule has 3 aromatic rings. The number of pyridine rings is 2. The molecule has 3 heterocycles. The van der Waals surface area contributed by atoms with Crippen LogP contribution in [0.5, 0.6) is 0 Å². The summed E-state index contributed by atoms with van der Waals surface area (Å²) in [5.41, 5.74) is 1.02. The first-order valence-electron chi connectivity index (χ1n) is 12.6. The summed E-state index contributed by atoms with van der Waals surface area (Å²) < 4.78 is 28.2. The Morgan fingerprint density at radius 1 is 1.11 bits per heavy atom. The average molecular weight is 538 g/mol. The van der Waals surface area contributed by atoms with E-state index in [1.807, 2.05) is 19.9 Å². The number of nitrogens with zero attached hydrogens (tertiary/aromatic N) is 3. The summed E-state index contributed by atoms with van der Waals surface area (Å²) in [4.78, 5) is 48.6. The molecule has 4 rings (SSSR count). The van der Waals surface area contributed by atoms with Crippen LogP contribution in [0.1, 0.15) is 43.5 Å². The monoisotopic (exact) mass is 537 g/mol. The van der Waals surface area contributed by atoms with Crippen LogP contribution < -0.4 is 10.6 Å². The zero-order valence-corrected chi connectivity index (χ0v) is 22.1. The van der Waals surface area contributed by atoms with Crippen LogP contribution in [-0.4, -0.2) is 65.5 Å². The lowest BCUT2D eigenvalue weighted by Crippen LogP contribution is -2.56. The van der Waals surface area contributed by atoms with Crippen LogP contribution in [0.15, 0.2) is 66.0 Å². The Morgan fingerprint density at radius 2 is 1.89 bits per heavy atom. The molecule has 1 aliphatic heterocycles. The first kappa shape index (κ1) is 27.3. The van der Waals surface area contributed by atoms with E-state index in [9.17, 15) is 22.8 Å². The fourth-order valence-corrected chi connectivity index (χ4v) is 6.07. The largest absolute Gasteiger partial charge is 0.340 e. The maximum atomic E-state index is 14.1. The second kappa shape index (κ2) is 11.8. The van der Waals surface area contributed by atoms with E-state index in [-0.39, 0.29) is 30.3 Å². The van der Waals surface area contributed by atoms with Crippen molar-refractivity contribution in [2.24, 2.45) is 5.92 Å². The van der Waals surface area contributed by atoms with E-state index in [4.69, 9.17) is 0 Å². The molecule has 1 aromatic carbocycles. The van der Waals surface area contributed by atoms with Gasteiger partial charge in [-0.1, -0.05) is 26.0 Å². The molecule has 2 aromatic heterocycles. The third kappa shape index (κ3) is 6.05. The van der Waals surface area contributed by atoms with Gasteiger partial charge in [0, 0.05) is 23.3 Å². The number of ketones is 1. The Hall–Kier alpha value is -3.70. The van der Waals surface area contributed by atoms with Gasteiger partial charge in [-0.05, 0) is 68.1 Å². The molecule has 0 spiro atoms. The van der Waals surface area contributed by atoms with Crippen molar-refractivity contribution in [3.63, 3.8) is 0 Å². The number of amides is 2. The van der Waals surface area contributed by atoms with Crippen LogP contribution in [0.25, 0.3) is 10.9 Å². The van der Waals surface area contributed by atoms with Gasteiger partial charge < -0.3 is 10.6 Å². The average Bonchev–Trinajstić information content (AvgIpc) is 3.12. The van der Waals surface area contributed by atoms with Crippen molar-refractivity contribution in [2.75, 3.05) is 13.1 Å². The van der Waals surface area contributed by atoms with Crippen molar-refractivity contribution in [3.8, 4) is 0 Å². The van der Waals surface area contributed by atoms with Crippen LogP contribution in [-0.2, 0) is 19.6 Å². The highest BCUT2D eigenvalue weighted by Crippen LogP contribution is 2.24. The number of benzene rings is 1. The van der Waals surface area contributed by atoms with Crippen molar-refractivity contribution < 1.29 is 22.8 Å². The van der Waals surface area contributed by atoms with Gasteiger partial charge in [0.15, 0.2) is 10.8 Å². The number of aromatic nitrogens is 2. The van der Waals surface area contributed by atoms with Gasteiger partial charge >= 0.3 is 0 Å². The molecule has 0 saturated carbocycles. The third-order valence-electron chi connectivity index (χ3n) is 6.34. The quantitative estimate of drug-likeness (QED) is 0.446. The van der Waals surface area contributed by atoms with Crippen LogP contribution in [0.3, 0.4) is 0 Å². The molecule has 38 heavy (non-hydrogen) atoms. The van der Waals surface area contributed by atoms with Gasteiger partial charge in [0.05, 0.1) is 12.1 Å². The van der Waals surface area contributed by atoms with Crippen molar-refractivity contribution in [3.05, 3.63) is 66.5 Å². The van der Waals surface area contributed by atoms with E-state index >= 15 is 0 Å². The molecule has 2 amide bonds. The van der Waals surface area contributed by atoms with Gasteiger partial charge in [-0.3, -0.25) is 19.4 Å². The number of hydrogen-bond donors (Lipinski definition) is 2. The molecule has 1 unspecified atom stereocenters. The van der Waals surface area contributed by atoms with Crippen LogP contribution in [0.2, 0.25) is 0 Å². The van der Waals surface area contributed by atoms with E-state index < -0.39 is 39.7 Å². The molecular formula is C27H31N5O5S. The summed E-state index contributed by atoms with van der Waals surface area (Å²) in [5, 5.41) is 6.12. The summed E-state index contributed by atoms with van der Waals surface area (Å²) in [5.74, 6) is -1.86. The Labute approximate surface area is 221 Å². The van der Waals surface area contributed by atoms with Gasteiger partial charge in [-0.2, -0.15) is 8.42 Å².